The minimum Gasteiger partial charge on any atom is -0.205 e. The highest BCUT2D eigenvalue weighted by molar-refractivity contribution is 7.99. The maximum atomic E-state index is 2.37. The van der Waals surface area contributed by atoms with E-state index in [0.717, 1.165) is 0 Å². The number of thioether (sulfide) groups is 2. The van der Waals surface area contributed by atoms with Gasteiger partial charge in [-0.15, -0.1) is 23.5 Å². The van der Waals surface area contributed by atoms with Crippen LogP contribution in [0.25, 0.3) is 0 Å². The molecule has 0 aliphatic rings. The Morgan fingerprint density at radius 1 is 0.348 bits per heavy atom. The predicted octanol–water partition coefficient (Wildman–Crippen LogP) is 13.3. The van der Waals surface area contributed by atoms with Crippen molar-refractivity contribution in [3.63, 3.8) is 0 Å². The number of unbranched alkanes of at least 4 members (excludes halogenated alkanes) is 23. The molecule has 0 saturated heterocycles. The van der Waals surface area contributed by atoms with Gasteiger partial charge in [-0.3, -0.25) is 0 Å². The number of hydrogen-bond acceptors (Lipinski definition) is 2. The van der Waals surface area contributed by atoms with Gasteiger partial charge in [0.25, 0.3) is 0 Å². The average molecular weight is 671 g/mol. The van der Waals surface area contributed by atoms with E-state index in [1.807, 2.05) is 23.5 Å². The van der Waals surface area contributed by atoms with Gasteiger partial charge in [0.1, 0.15) is 13.1 Å². The van der Waals surface area contributed by atoms with Crippen LogP contribution < -0.4 is 9.13 Å². The van der Waals surface area contributed by atoms with Crippen LogP contribution in [0.1, 0.15) is 181 Å². The Hall–Kier alpha value is -1.00. The average Bonchev–Trinajstić information content (AvgIpc) is 3.08. The summed E-state index contributed by atoms with van der Waals surface area (Å²) in [5.74, 6) is 2.44. The minimum atomic E-state index is 1.17. The minimum absolute atomic E-state index is 1.17. The fourth-order valence-electron chi connectivity index (χ4n) is 6.23. The van der Waals surface area contributed by atoms with E-state index in [0.29, 0.717) is 0 Å². The molecule has 0 aromatic carbocycles. The van der Waals surface area contributed by atoms with E-state index in [1.54, 1.807) is 0 Å². The van der Waals surface area contributed by atoms with Crippen LogP contribution in [0.15, 0.2) is 58.8 Å². The summed E-state index contributed by atoms with van der Waals surface area (Å²) in [6.07, 6.45) is 45.8. The molecule has 2 nitrogen and oxygen atoms in total. The van der Waals surface area contributed by atoms with Gasteiger partial charge in [0.2, 0.25) is 0 Å². The summed E-state index contributed by atoms with van der Waals surface area (Å²) in [6, 6.07) is 9.26. The zero-order valence-corrected chi connectivity index (χ0v) is 32.2. The molecular weight excluding hydrogens is 597 g/mol. The molecule has 2 aromatic rings. The van der Waals surface area contributed by atoms with Gasteiger partial charge in [-0.2, -0.15) is 0 Å². The highest BCUT2D eigenvalue weighted by Crippen LogP contribution is 2.21. The Kier molecular flexibility index (Phi) is 28.0. The van der Waals surface area contributed by atoms with Crippen LogP contribution in [-0.2, 0) is 13.1 Å². The monoisotopic (exact) mass is 671 g/mol. The molecule has 0 aliphatic heterocycles. The Morgan fingerprint density at radius 3 is 0.891 bits per heavy atom. The van der Waals surface area contributed by atoms with Gasteiger partial charge in [-0.25, -0.2) is 9.13 Å². The van der Waals surface area contributed by atoms with Crippen LogP contribution in [-0.4, -0.2) is 11.5 Å². The van der Waals surface area contributed by atoms with E-state index in [2.05, 4.69) is 72.0 Å². The molecule has 0 N–H and O–H groups in total. The summed E-state index contributed by atoms with van der Waals surface area (Å²) in [5.41, 5.74) is 0. The lowest BCUT2D eigenvalue weighted by atomic mass is 10.1. The van der Waals surface area contributed by atoms with Crippen LogP contribution in [0.2, 0.25) is 0 Å². The standard InChI is InChI=1S/C42H74N2S2/c1-3-5-7-9-11-13-15-17-19-21-23-25-33-43-35-29-41(30-36-43)45-39-27-28-40-46-42-31-37-44(38-32-42)34-26-24-22-20-18-16-14-12-10-8-6-4-2/h29-32,35-38H,3-28,33-34,39-40H2,1-2H3/q+2. The zero-order valence-electron chi connectivity index (χ0n) is 30.5. The van der Waals surface area contributed by atoms with Crippen LogP contribution in [0.4, 0.5) is 0 Å². The van der Waals surface area contributed by atoms with Gasteiger partial charge in [-0.1, -0.05) is 142 Å². The number of hydrogen-bond donors (Lipinski definition) is 0. The molecule has 2 aromatic heterocycles. The second-order valence-electron chi connectivity index (χ2n) is 13.7. The maximum Gasteiger partial charge on any atom is 0.169 e. The number of aryl methyl sites for hydroxylation is 2. The molecule has 262 valence electrons. The zero-order chi connectivity index (χ0) is 32.6. The third-order valence-electron chi connectivity index (χ3n) is 9.34. The van der Waals surface area contributed by atoms with Crippen molar-refractivity contribution in [3.05, 3.63) is 49.1 Å². The smallest absolute Gasteiger partial charge is 0.169 e. The summed E-state index contributed by atoms with van der Waals surface area (Å²) in [6.45, 7) is 6.93. The lowest BCUT2D eigenvalue weighted by molar-refractivity contribution is -0.697. The Balaban J connectivity index is 1.37. The van der Waals surface area contributed by atoms with Crippen molar-refractivity contribution < 1.29 is 9.13 Å². The van der Waals surface area contributed by atoms with Gasteiger partial charge >= 0.3 is 0 Å². The first-order valence-corrected chi connectivity index (χ1v) is 22.0. The molecule has 0 fully saturated rings. The third kappa shape index (κ3) is 24.2. The van der Waals surface area contributed by atoms with Gasteiger partial charge in [-0.05, 0) is 37.2 Å². The maximum absolute atomic E-state index is 2.37. The summed E-state index contributed by atoms with van der Waals surface area (Å²) in [5, 5.41) is 0. The fourth-order valence-corrected chi connectivity index (χ4v) is 8.03. The molecular formula is C42H74N2S2+2. The molecule has 2 rings (SSSR count). The van der Waals surface area contributed by atoms with E-state index >= 15 is 0 Å². The van der Waals surface area contributed by atoms with Crippen molar-refractivity contribution in [1.82, 2.24) is 0 Å². The van der Waals surface area contributed by atoms with Crippen LogP contribution in [0.3, 0.4) is 0 Å². The number of pyridine rings is 2. The van der Waals surface area contributed by atoms with E-state index < -0.39 is 0 Å². The normalized spacial score (nSPS) is 11.4. The van der Waals surface area contributed by atoms with E-state index in [4.69, 9.17) is 0 Å². The molecule has 46 heavy (non-hydrogen) atoms. The topological polar surface area (TPSA) is 7.76 Å². The number of rotatable bonds is 33. The SMILES string of the molecule is CCCCCCCCCCCCCC[n+]1ccc(SCCCCSc2cc[n+](CCCCCCCCCCCCCC)cc2)cc1. The van der Waals surface area contributed by atoms with Crippen LogP contribution in [0, 0.1) is 0 Å². The van der Waals surface area contributed by atoms with E-state index in [9.17, 15) is 0 Å². The van der Waals surface area contributed by atoms with Crippen molar-refractivity contribution in [2.24, 2.45) is 0 Å². The van der Waals surface area contributed by atoms with Crippen molar-refractivity contribution >= 4 is 23.5 Å². The molecule has 0 spiro atoms. The van der Waals surface area contributed by atoms with Crippen LogP contribution in [0.5, 0.6) is 0 Å². The van der Waals surface area contributed by atoms with Crippen molar-refractivity contribution in [2.75, 3.05) is 11.5 Å². The van der Waals surface area contributed by atoms with Gasteiger partial charge in [0.05, 0.1) is 0 Å². The van der Waals surface area contributed by atoms with Crippen LogP contribution >= 0.6 is 23.5 Å². The van der Waals surface area contributed by atoms with Gasteiger partial charge in [0, 0.05) is 46.9 Å². The highest BCUT2D eigenvalue weighted by Gasteiger charge is 2.04. The molecule has 0 aliphatic carbocycles. The lowest BCUT2D eigenvalue weighted by Gasteiger charge is -2.04. The second-order valence-corrected chi connectivity index (χ2v) is 16.1. The van der Waals surface area contributed by atoms with Crippen molar-refractivity contribution in [3.8, 4) is 0 Å². The molecule has 0 unspecified atom stereocenters. The Bertz CT molecular complexity index is 823. The Labute approximate surface area is 295 Å². The molecule has 0 amide bonds. The molecule has 0 radical (unpaired) electrons. The first-order valence-electron chi connectivity index (χ1n) is 20.1. The largest absolute Gasteiger partial charge is 0.205 e. The van der Waals surface area contributed by atoms with E-state index in [-0.39, 0.29) is 0 Å². The number of aromatic nitrogens is 2. The van der Waals surface area contributed by atoms with E-state index in [1.165, 1.54) is 201 Å². The molecule has 0 atom stereocenters. The summed E-state index contributed by atoms with van der Waals surface area (Å²) in [7, 11) is 0. The first-order chi connectivity index (χ1) is 22.8. The predicted molar refractivity (Wildman–Crippen MR) is 206 cm³/mol. The fraction of sp³-hybridized carbons (Fsp3) is 0.762. The molecule has 0 saturated carbocycles. The summed E-state index contributed by atoms with van der Waals surface area (Å²) < 4.78 is 4.75. The molecule has 4 heteroatoms. The Morgan fingerprint density at radius 2 is 0.609 bits per heavy atom. The summed E-state index contributed by atoms with van der Waals surface area (Å²) >= 11 is 4.03. The van der Waals surface area contributed by atoms with Gasteiger partial charge < -0.3 is 0 Å². The number of nitrogens with zero attached hydrogens (tertiary/aromatic N) is 2. The van der Waals surface area contributed by atoms with Gasteiger partial charge in [0.15, 0.2) is 24.8 Å². The van der Waals surface area contributed by atoms with Crippen molar-refractivity contribution in [1.29, 1.82) is 0 Å². The molecule has 0 bridgehead atoms. The third-order valence-corrected chi connectivity index (χ3v) is 11.5. The lowest BCUT2D eigenvalue weighted by Crippen LogP contribution is -2.32. The highest BCUT2D eigenvalue weighted by atomic mass is 32.2. The summed E-state index contributed by atoms with van der Waals surface area (Å²) in [4.78, 5) is 2.83. The quantitative estimate of drug-likeness (QED) is 0.0424. The second kappa shape index (κ2) is 31.3. The van der Waals surface area contributed by atoms with Crippen molar-refractivity contribution in [2.45, 2.75) is 204 Å². The first kappa shape index (κ1) is 41.2. The molecule has 2 heterocycles.